The first kappa shape index (κ1) is 18.7. The van der Waals surface area contributed by atoms with Gasteiger partial charge in [-0.3, -0.25) is 9.52 Å². The zero-order valence-electron chi connectivity index (χ0n) is 14.0. The molecule has 2 rings (SSSR count). The van der Waals surface area contributed by atoms with E-state index in [1.54, 1.807) is 24.3 Å². The highest BCUT2D eigenvalue weighted by Crippen LogP contribution is 2.15. The van der Waals surface area contributed by atoms with Crippen molar-refractivity contribution in [3.8, 4) is 0 Å². The molecule has 0 saturated carbocycles. The number of sulfonamides is 1. The van der Waals surface area contributed by atoms with Crippen molar-refractivity contribution in [2.45, 2.75) is 19.8 Å². The van der Waals surface area contributed by atoms with Crippen LogP contribution in [-0.4, -0.2) is 21.0 Å². The fourth-order valence-corrected chi connectivity index (χ4v) is 3.07. The summed E-state index contributed by atoms with van der Waals surface area (Å²) in [5.41, 5.74) is 2.29. The highest BCUT2D eigenvalue weighted by molar-refractivity contribution is 7.95. The second kappa shape index (κ2) is 9.03. The minimum Gasteiger partial charge on any atom is -0.466 e. The molecule has 1 N–H and O–H groups in total. The Morgan fingerprint density at radius 3 is 2.60 bits per heavy atom. The van der Waals surface area contributed by atoms with E-state index in [0.29, 0.717) is 25.1 Å². The molecule has 0 unspecified atom stereocenters. The van der Waals surface area contributed by atoms with E-state index in [-0.39, 0.29) is 5.97 Å². The molecule has 0 radical (unpaired) electrons. The van der Waals surface area contributed by atoms with Gasteiger partial charge in [0.15, 0.2) is 0 Å². The van der Waals surface area contributed by atoms with Gasteiger partial charge in [0, 0.05) is 12.6 Å². The third-order valence-electron chi connectivity index (χ3n) is 3.34. The van der Waals surface area contributed by atoms with Crippen LogP contribution in [0.15, 0.2) is 60.0 Å². The van der Waals surface area contributed by atoms with Crippen LogP contribution < -0.4 is 4.72 Å². The number of hydrogen-bond donors (Lipinski definition) is 1. The van der Waals surface area contributed by atoms with Crippen molar-refractivity contribution in [2.24, 2.45) is 0 Å². The van der Waals surface area contributed by atoms with E-state index < -0.39 is 10.0 Å². The average Bonchev–Trinajstić information content (AvgIpc) is 2.58. The number of hydrogen-bond acceptors (Lipinski definition) is 4. The number of carbonyl (C=O) groups is 1. The highest BCUT2D eigenvalue weighted by atomic mass is 32.2. The predicted octanol–water partition coefficient (Wildman–Crippen LogP) is 3.59. The molecule has 6 heteroatoms. The van der Waals surface area contributed by atoms with Crippen LogP contribution in [0, 0.1) is 0 Å². The van der Waals surface area contributed by atoms with Crippen LogP contribution in [0.3, 0.4) is 0 Å². The van der Waals surface area contributed by atoms with Gasteiger partial charge in [-0.15, -0.1) is 0 Å². The van der Waals surface area contributed by atoms with Crippen molar-refractivity contribution < 1.29 is 17.9 Å². The summed E-state index contributed by atoms with van der Waals surface area (Å²) < 4.78 is 31.8. The van der Waals surface area contributed by atoms with E-state index in [1.807, 2.05) is 36.4 Å². The summed E-state index contributed by atoms with van der Waals surface area (Å²) in [6, 6.07) is 16.4. The van der Waals surface area contributed by atoms with Crippen LogP contribution in [0.4, 0.5) is 5.69 Å². The van der Waals surface area contributed by atoms with Crippen LogP contribution in [0.1, 0.15) is 24.5 Å². The largest absolute Gasteiger partial charge is 0.466 e. The molecule has 0 aliphatic heterocycles. The summed E-state index contributed by atoms with van der Waals surface area (Å²) in [7, 11) is -3.59. The molecule has 0 amide bonds. The van der Waals surface area contributed by atoms with Crippen molar-refractivity contribution in [3.05, 3.63) is 71.1 Å². The monoisotopic (exact) mass is 359 g/mol. The summed E-state index contributed by atoms with van der Waals surface area (Å²) in [4.78, 5) is 10.7. The topological polar surface area (TPSA) is 72.5 Å². The van der Waals surface area contributed by atoms with E-state index in [4.69, 9.17) is 4.74 Å². The number of nitrogens with one attached hydrogen (secondary N) is 1. The Morgan fingerprint density at radius 2 is 1.88 bits per heavy atom. The molecule has 0 heterocycles. The zero-order valence-corrected chi connectivity index (χ0v) is 14.8. The second-order valence-corrected chi connectivity index (χ2v) is 7.07. The van der Waals surface area contributed by atoms with Gasteiger partial charge in [-0.2, -0.15) is 0 Å². The van der Waals surface area contributed by atoms with E-state index in [1.165, 1.54) is 6.92 Å². The van der Waals surface area contributed by atoms with Crippen LogP contribution in [0.2, 0.25) is 0 Å². The Bertz CT molecular complexity index is 830. The van der Waals surface area contributed by atoms with Crippen molar-refractivity contribution in [1.82, 2.24) is 0 Å². The van der Waals surface area contributed by atoms with Crippen LogP contribution in [0.5, 0.6) is 0 Å². The van der Waals surface area contributed by atoms with E-state index in [2.05, 4.69) is 4.72 Å². The third kappa shape index (κ3) is 7.22. The van der Waals surface area contributed by atoms with Crippen molar-refractivity contribution in [2.75, 3.05) is 11.3 Å². The fraction of sp³-hybridized carbons (Fsp3) is 0.211. The van der Waals surface area contributed by atoms with Gasteiger partial charge >= 0.3 is 5.97 Å². The first-order valence-corrected chi connectivity index (χ1v) is 9.47. The van der Waals surface area contributed by atoms with Gasteiger partial charge < -0.3 is 4.74 Å². The Kier molecular flexibility index (Phi) is 6.77. The standard InChI is InChI=1S/C19H21NO4S/c1-16(21)24-13-6-10-18-9-5-11-19(15-18)20-25(22,23)14-12-17-7-3-2-4-8-17/h2-5,7-9,11-12,14-15,20H,6,10,13H2,1H3/b14-12+. The lowest BCUT2D eigenvalue weighted by molar-refractivity contribution is -0.141. The first-order chi connectivity index (χ1) is 11.9. The number of rotatable bonds is 8. The quantitative estimate of drug-likeness (QED) is 0.577. The molecule has 5 nitrogen and oxygen atoms in total. The minimum atomic E-state index is -3.59. The Balaban J connectivity index is 1.96. The maximum atomic E-state index is 12.2. The summed E-state index contributed by atoms with van der Waals surface area (Å²) in [6.07, 6.45) is 2.93. The summed E-state index contributed by atoms with van der Waals surface area (Å²) in [6.45, 7) is 1.73. The number of esters is 1. The van der Waals surface area contributed by atoms with Gasteiger partial charge in [0.05, 0.1) is 12.0 Å². The zero-order chi connectivity index (χ0) is 18.1. The molecule has 0 aliphatic carbocycles. The Labute approximate surface area is 148 Å². The number of benzene rings is 2. The Morgan fingerprint density at radius 1 is 1.12 bits per heavy atom. The maximum absolute atomic E-state index is 12.2. The van der Waals surface area contributed by atoms with Gasteiger partial charge in [0.25, 0.3) is 10.0 Å². The van der Waals surface area contributed by atoms with Gasteiger partial charge in [-0.05, 0) is 42.2 Å². The molecule has 132 valence electrons. The fourth-order valence-electron chi connectivity index (χ4n) is 2.21. The molecular formula is C19H21NO4S. The molecule has 0 saturated heterocycles. The summed E-state index contributed by atoms with van der Waals surface area (Å²) in [5, 5.41) is 1.15. The molecule has 25 heavy (non-hydrogen) atoms. The van der Waals surface area contributed by atoms with Crippen molar-refractivity contribution in [3.63, 3.8) is 0 Å². The molecule has 2 aromatic rings. The second-order valence-electron chi connectivity index (χ2n) is 5.50. The first-order valence-electron chi connectivity index (χ1n) is 7.93. The van der Waals surface area contributed by atoms with Crippen LogP contribution in [0.25, 0.3) is 6.08 Å². The van der Waals surface area contributed by atoms with Crippen molar-refractivity contribution >= 4 is 27.8 Å². The molecule has 2 aromatic carbocycles. The molecule has 0 aliphatic rings. The highest BCUT2D eigenvalue weighted by Gasteiger charge is 2.06. The predicted molar refractivity (Wildman–Crippen MR) is 99.4 cm³/mol. The van der Waals surface area contributed by atoms with Crippen molar-refractivity contribution in [1.29, 1.82) is 0 Å². The number of aryl methyl sites for hydroxylation is 1. The Hall–Kier alpha value is -2.60. The number of anilines is 1. The number of ether oxygens (including phenoxy) is 1. The van der Waals surface area contributed by atoms with E-state index >= 15 is 0 Å². The lowest BCUT2D eigenvalue weighted by Gasteiger charge is -2.07. The molecule has 0 spiro atoms. The smallest absolute Gasteiger partial charge is 0.302 e. The summed E-state index contributed by atoms with van der Waals surface area (Å²) >= 11 is 0. The SMILES string of the molecule is CC(=O)OCCCc1cccc(NS(=O)(=O)/C=C/c2ccccc2)c1. The van der Waals surface area contributed by atoms with E-state index in [9.17, 15) is 13.2 Å². The maximum Gasteiger partial charge on any atom is 0.302 e. The molecule has 0 fully saturated rings. The van der Waals surface area contributed by atoms with Crippen LogP contribution in [-0.2, 0) is 26.0 Å². The average molecular weight is 359 g/mol. The molecule has 0 bridgehead atoms. The normalized spacial score (nSPS) is 11.4. The molecular weight excluding hydrogens is 338 g/mol. The molecule has 0 atom stereocenters. The third-order valence-corrected chi connectivity index (χ3v) is 4.36. The van der Waals surface area contributed by atoms with Crippen LogP contribution >= 0.6 is 0 Å². The van der Waals surface area contributed by atoms with Gasteiger partial charge in [0.2, 0.25) is 0 Å². The summed E-state index contributed by atoms with van der Waals surface area (Å²) in [5.74, 6) is -0.299. The van der Waals surface area contributed by atoms with Gasteiger partial charge in [-0.25, -0.2) is 8.42 Å². The van der Waals surface area contributed by atoms with Gasteiger partial charge in [0.1, 0.15) is 0 Å². The number of carbonyl (C=O) groups excluding carboxylic acids is 1. The lowest BCUT2D eigenvalue weighted by Crippen LogP contribution is -2.09. The molecule has 0 aromatic heterocycles. The lowest BCUT2D eigenvalue weighted by atomic mass is 10.1. The van der Waals surface area contributed by atoms with Gasteiger partial charge in [-0.1, -0.05) is 42.5 Å². The minimum absolute atomic E-state index is 0.299. The van der Waals surface area contributed by atoms with E-state index in [0.717, 1.165) is 16.5 Å².